The molecule has 1 fully saturated rings. The summed E-state index contributed by atoms with van der Waals surface area (Å²) in [7, 11) is 0. The lowest BCUT2D eigenvalue weighted by Gasteiger charge is -2.16. The largest absolute Gasteiger partial charge is 0.505 e. The zero-order valence-corrected chi connectivity index (χ0v) is 9.10. The summed E-state index contributed by atoms with van der Waals surface area (Å²) in [5, 5.41) is 13.0. The van der Waals surface area contributed by atoms with Crippen molar-refractivity contribution >= 4 is 0 Å². The summed E-state index contributed by atoms with van der Waals surface area (Å²) >= 11 is 0. The second kappa shape index (κ2) is 3.81. The fraction of sp³-hybridized carbons (Fsp3) is 0.500. The highest BCUT2D eigenvalue weighted by atomic mass is 19.1. The van der Waals surface area contributed by atoms with Crippen molar-refractivity contribution in [2.45, 2.75) is 32.7 Å². The third-order valence-corrected chi connectivity index (χ3v) is 3.15. The normalized spacial score (nSPS) is 20.9. The van der Waals surface area contributed by atoms with Crippen LogP contribution in [0.15, 0.2) is 6.07 Å². The van der Waals surface area contributed by atoms with E-state index in [2.05, 4.69) is 5.32 Å². The van der Waals surface area contributed by atoms with E-state index in [0.717, 1.165) is 24.9 Å². The standard InChI is InChI=1S/C12H16FNO/c1-7-6-9(10-4-3-5-14-10)8(2)12(15)11(7)13/h6,10,14-15H,3-5H2,1-2H3. The van der Waals surface area contributed by atoms with E-state index in [1.165, 1.54) is 0 Å². The first-order valence-corrected chi connectivity index (χ1v) is 5.33. The van der Waals surface area contributed by atoms with Crippen molar-refractivity contribution in [3.8, 4) is 5.75 Å². The number of benzene rings is 1. The molecule has 1 atom stereocenters. The van der Waals surface area contributed by atoms with Crippen LogP contribution in [0.3, 0.4) is 0 Å². The van der Waals surface area contributed by atoms with Crippen molar-refractivity contribution in [3.63, 3.8) is 0 Å². The third-order valence-electron chi connectivity index (χ3n) is 3.15. The van der Waals surface area contributed by atoms with Gasteiger partial charge in [0.15, 0.2) is 11.6 Å². The number of aryl methyl sites for hydroxylation is 1. The van der Waals surface area contributed by atoms with E-state index < -0.39 is 5.82 Å². The fourth-order valence-corrected chi connectivity index (χ4v) is 2.20. The van der Waals surface area contributed by atoms with Gasteiger partial charge in [-0.15, -0.1) is 0 Å². The van der Waals surface area contributed by atoms with Crippen LogP contribution in [0.1, 0.15) is 35.6 Å². The number of nitrogens with one attached hydrogen (secondary N) is 1. The highest BCUT2D eigenvalue weighted by Gasteiger charge is 2.21. The summed E-state index contributed by atoms with van der Waals surface area (Å²) in [5.41, 5.74) is 2.21. The number of hydrogen-bond donors (Lipinski definition) is 2. The van der Waals surface area contributed by atoms with Gasteiger partial charge in [-0.1, -0.05) is 6.07 Å². The van der Waals surface area contributed by atoms with Crippen LogP contribution >= 0.6 is 0 Å². The average molecular weight is 209 g/mol. The van der Waals surface area contributed by atoms with Gasteiger partial charge in [-0.05, 0) is 49.9 Å². The molecule has 0 aromatic heterocycles. The molecular formula is C12H16FNO. The smallest absolute Gasteiger partial charge is 0.167 e. The molecule has 2 N–H and O–H groups in total. The maximum Gasteiger partial charge on any atom is 0.167 e. The zero-order valence-electron chi connectivity index (χ0n) is 9.10. The Morgan fingerprint density at radius 1 is 1.47 bits per heavy atom. The number of hydrogen-bond acceptors (Lipinski definition) is 2. The summed E-state index contributed by atoms with van der Waals surface area (Å²) in [6.45, 7) is 4.46. The van der Waals surface area contributed by atoms with Crippen LogP contribution in [0.25, 0.3) is 0 Å². The van der Waals surface area contributed by atoms with E-state index in [4.69, 9.17) is 0 Å². The van der Waals surface area contributed by atoms with Crippen molar-refractivity contribution in [3.05, 3.63) is 28.6 Å². The molecule has 0 bridgehead atoms. The average Bonchev–Trinajstić information content (AvgIpc) is 2.73. The summed E-state index contributed by atoms with van der Waals surface area (Å²) in [4.78, 5) is 0. The van der Waals surface area contributed by atoms with E-state index in [9.17, 15) is 9.50 Å². The van der Waals surface area contributed by atoms with Gasteiger partial charge in [0.25, 0.3) is 0 Å². The Hall–Kier alpha value is -1.09. The Morgan fingerprint density at radius 2 is 2.20 bits per heavy atom. The molecule has 1 saturated heterocycles. The van der Waals surface area contributed by atoms with E-state index in [1.54, 1.807) is 13.8 Å². The first kappa shape index (κ1) is 10.4. The predicted octanol–water partition coefficient (Wildman–Crippen LogP) is 2.57. The molecule has 1 unspecified atom stereocenters. The topological polar surface area (TPSA) is 32.3 Å². The van der Waals surface area contributed by atoms with Gasteiger partial charge in [0, 0.05) is 6.04 Å². The molecule has 0 spiro atoms. The molecule has 1 aliphatic rings. The van der Waals surface area contributed by atoms with Gasteiger partial charge >= 0.3 is 0 Å². The number of phenols is 1. The first-order valence-electron chi connectivity index (χ1n) is 5.33. The van der Waals surface area contributed by atoms with Crippen molar-refractivity contribution in [1.29, 1.82) is 0 Å². The molecule has 1 heterocycles. The minimum Gasteiger partial charge on any atom is -0.505 e. The van der Waals surface area contributed by atoms with Crippen LogP contribution in [0.2, 0.25) is 0 Å². The summed E-state index contributed by atoms with van der Waals surface area (Å²) in [5.74, 6) is -0.687. The van der Waals surface area contributed by atoms with Gasteiger partial charge in [-0.3, -0.25) is 0 Å². The Morgan fingerprint density at radius 3 is 2.80 bits per heavy atom. The lowest BCUT2D eigenvalue weighted by atomic mass is 9.96. The maximum absolute atomic E-state index is 13.4. The predicted molar refractivity (Wildman–Crippen MR) is 57.5 cm³/mol. The summed E-state index contributed by atoms with van der Waals surface area (Å²) in [6.07, 6.45) is 2.20. The highest BCUT2D eigenvalue weighted by molar-refractivity contribution is 5.44. The van der Waals surface area contributed by atoms with Gasteiger partial charge in [0.05, 0.1) is 0 Å². The minimum absolute atomic E-state index is 0.196. The molecule has 82 valence electrons. The molecule has 1 aromatic carbocycles. The lowest BCUT2D eigenvalue weighted by Crippen LogP contribution is -2.14. The van der Waals surface area contributed by atoms with Crippen molar-refractivity contribution in [2.24, 2.45) is 0 Å². The molecule has 2 rings (SSSR count). The van der Waals surface area contributed by atoms with Crippen LogP contribution in [0, 0.1) is 19.7 Å². The Bertz CT molecular complexity index is 384. The molecule has 0 saturated carbocycles. The molecule has 1 aromatic rings. The molecule has 0 radical (unpaired) electrons. The summed E-state index contributed by atoms with van der Waals surface area (Å²) < 4.78 is 13.4. The number of halogens is 1. The van der Waals surface area contributed by atoms with Crippen LogP contribution < -0.4 is 5.32 Å². The van der Waals surface area contributed by atoms with Crippen molar-refractivity contribution in [2.75, 3.05) is 6.54 Å². The quantitative estimate of drug-likeness (QED) is 0.745. The SMILES string of the molecule is Cc1cc(C2CCCN2)c(C)c(O)c1F. The third kappa shape index (κ3) is 1.72. The van der Waals surface area contributed by atoms with Gasteiger partial charge in [0.2, 0.25) is 0 Å². The van der Waals surface area contributed by atoms with Crippen molar-refractivity contribution < 1.29 is 9.50 Å². The second-order valence-corrected chi connectivity index (χ2v) is 4.22. The van der Waals surface area contributed by atoms with Gasteiger partial charge in [0.1, 0.15) is 0 Å². The van der Waals surface area contributed by atoms with Crippen LogP contribution in [0.4, 0.5) is 4.39 Å². The van der Waals surface area contributed by atoms with Crippen LogP contribution in [-0.2, 0) is 0 Å². The zero-order chi connectivity index (χ0) is 11.0. The minimum atomic E-state index is -0.491. The molecule has 3 heteroatoms. The van der Waals surface area contributed by atoms with Crippen molar-refractivity contribution in [1.82, 2.24) is 5.32 Å². The Labute approximate surface area is 89.1 Å². The molecule has 2 nitrogen and oxygen atoms in total. The lowest BCUT2D eigenvalue weighted by molar-refractivity contribution is 0.423. The van der Waals surface area contributed by atoms with E-state index in [-0.39, 0.29) is 11.8 Å². The van der Waals surface area contributed by atoms with Crippen LogP contribution in [-0.4, -0.2) is 11.7 Å². The van der Waals surface area contributed by atoms with E-state index in [0.29, 0.717) is 11.1 Å². The van der Waals surface area contributed by atoms with E-state index in [1.807, 2.05) is 6.07 Å². The molecule has 0 aliphatic carbocycles. The molecule has 0 amide bonds. The Kier molecular flexibility index (Phi) is 2.65. The van der Waals surface area contributed by atoms with Crippen LogP contribution in [0.5, 0.6) is 5.75 Å². The summed E-state index contributed by atoms with van der Waals surface area (Å²) in [6, 6.07) is 2.11. The molecular weight excluding hydrogens is 193 g/mol. The second-order valence-electron chi connectivity index (χ2n) is 4.22. The highest BCUT2D eigenvalue weighted by Crippen LogP contribution is 2.33. The monoisotopic (exact) mass is 209 g/mol. The first-order chi connectivity index (χ1) is 7.11. The molecule has 1 aliphatic heterocycles. The van der Waals surface area contributed by atoms with Gasteiger partial charge in [-0.2, -0.15) is 0 Å². The number of rotatable bonds is 1. The number of phenolic OH excluding ortho intramolecular Hbond substituents is 1. The Balaban J connectivity index is 2.47. The van der Waals surface area contributed by atoms with E-state index >= 15 is 0 Å². The molecule has 15 heavy (non-hydrogen) atoms. The number of aromatic hydroxyl groups is 1. The maximum atomic E-state index is 13.4. The van der Waals surface area contributed by atoms with Gasteiger partial charge in [-0.25, -0.2) is 4.39 Å². The fourth-order valence-electron chi connectivity index (χ4n) is 2.20. The van der Waals surface area contributed by atoms with Gasteiger partial charge < -0.3 is 10.4 Å².